The van der Waals surface area contributed by atoms with Gasteiger partial charge >= 0.3 is 0 Å². The molecule has 2 N–H and O–H groups in total. The third-order valence-electron chi connectivity index (χ3n) is 4.77. The van der Waals surface area contributed by atoms with Crippen molar-refractivity contribution in [3.05, 3.63) is 59.9 Å². The van der Waals surface area contributed by atoms with E-state index in [-0.39, 0.29) is 17.8 Å². The largest absolute Gasteiger partial charge is 0.484 e. The van der Waals surface area contributed by atoms with Crippen molar-refractivity contribution >= 4 is 29.2 Å². The highest BCUT2D eigenvalue weighted by Gasteiger charge is 2.31. The Labute approximate surface area is 177 Å². The molecule has 10 heteroatoms. The minimum atomic E-state index is -0.734. The van der Waals surface area contributed by atoms with Gasteiger partial charge in [0.1, 0.15) is 18.2 Å². The van der Waals surface area contributed by atoms with Gasteiger partial charge in [0, 0.05) is 24.4 Å². The number of rotatable bonds is 6. The number of benzene rings is 2. The highest BCUT2D eigenvalue weighted by Crippen LogP contribution is 2.27. The summed E-state index contributed by atoms with van der Waals surface area (Å²) in [5, 5.41) is 5.91. The van der Waals surface area contributed by atoms with E-state index < -0.39 is 11.6 Å². The van der Waals surface area contributed by atoms with Gasteiger partial charge in [-0.15, -0.1) is 0 Å². The fourth-order valence-electron chi connectivity index (χ4n) is 3.14. The number of carbonyl (C=O) groups is 1. The number of hydrogen-bond donors (Lipinski definition) is 2. The first-order valence-electron chi connectivity index (χ1n) is 9.59. The van der Waals surface area contributed by atoms with Crippen LogP contribution in [0.1, 0.15) is 12.5 Å². The summed E-state index contributed by atoms with van der Waals surface area (Å²) < 4.78 is 32.3. The molecule has 0 bridgehead atoms. The quantitative estimate of drug-likeness (QED) is 0.624. The maximum Gasteiger partial charge on any atom is 0.232 e. The van der Waals surface area contributed by atoms with E-state index in [4.69, 9.17) is 4.74 Å². The molecule has 0 atom stereocenters. The van der Waals surface area contributed by atoms with Crippen LogP contribution < -0.4 is 20.3 Å². The molecule has 1 aromatic heterocycles. The topological polar surface area (TPSA) is 92.3 Å². The van der Waals surface area contributed by atoms with Crippen LogP contribution in [-0.4, -0.2) is 40.1 Å². The predicted molar refractivity (Wildman–Crippen MR) is 112 cm³/mol. The number of amides is 1. The molecule has 8 nitrogen and oxygen atoms in total. The van der Waals surface area contributed by atoms with Crippen molar-refractivity contribution in [2.24, 2.45) is 0 Å². The molecule has 1 aliphatic heterocycles. The van der Waals surface area contributed by atoms with Crippen molar-refractivity contribution in [1.82, 2.24) is 15.0 Å². The lowest BCUT2D eigenvalue weighted by atomic mass is 10.1. The number of carbonyl (C=O) groups excluding carboxylic acids is 1. The van der Waals surface area contributed by atoms with E-state index in [0.29, 0.717) is 30.7 Å². The summed E-state index contributed by atoms with van der Waals surface area (Å²) in [4.78, 5) is 26.0. The van der Waals surface area contributed by atoms with Crippen molar-refractivity contribution < 1.29 is 18.3 Å². The van der Waals surface area contributed by atoms with E-state index in [9.17, 15) is 13.6 Å². The van der Waals surface area contributed by atoms with Crippen LogP contribution in [0.2, 0.25) is 0 Å². The van der Waals surface area contributed by atoms with Gasteiger partial charge in [-0.3, -0.25) is 4.79 Å². The van der Waals surface area contributed by atoms with E-state index in [1.165, 1.54) is 19.3 Å². The van der Waals surface area contributed by atoms with Gasteiger partial charge < -0.3 is 20.3 Å². The van der Waals surface area contributed by atoms with Gasteiger partial charge in [0.05, 0.1) is 13.1 Å². The maximum atomic E-state index is 13.7. The Hall–Kier alpha value is -3.82. The second-order valence-electron chi connectivity index (χ2n) is 7.11. The molecular formula is C21H20F2N6O2. The fraction of sp³-hybridized carbons (Fsp3) is 0.238. The minimum Gasteiger partial charge on any atom is -0.484 e. The first kappa shape index (κ1) is 20.5. The Morgan fingerprint density at radius 1 is 1.16 bits per heavy atom. The molecule has 0 unspecified atom stereocenters. The van der Waals surface area contributed by atoms with Crippen LogP contribution >= 0.6 is 0 Å². The monoisotopic (exact) mass is 426 g/mol. The fourth-order valence-corrected chi connectivity index (χ4v) is 3.14. The molecule has 2 aromatic carbocycles. The van der Waals surface area contributed by atoms with E-state index >= 15 is 0 Å². The number of hydrogen-bond acceptors (Lipinski definition) is 7. The van der Waals surface area contributed by atoms with E-state index in [1.807, 2.05) is 30.0 Å². The van der Waals surface area contributed by atoms with Crippen molar-refractivity contribution in [1.29, 1.82) is 0 Å². The van der Waals surface area contributed by atoms with E-state index in [2.05, 4.69) is 25.6 Å². The molecule has 0 spiro atoms. The number of aromatic nitrogens is 3. The zero-order valence-electron chi connectivity index (χ0n) is 16.9. The molecule has 4 rings (SSSR count). The van der Waals surface area contributed by atoms with Crippen molar-refractivity contribution in [2.45, 2.75) is 20.0 Å². The molecule has 31 heavy (non-hydrogen) atoms. The minimum absolute atomic E-state index is 0.0126. The van der Waals surface area contributed by atoms with Crippen LogP contribution in [0.15, 0.2) is 42.7 Å². The summed E-state index contributed by atoms with van der Waals surface area (Å²) >= 11 is 0. The second-order valence-corrected chi connectivity index (χ2v) is 7.11. The normalized spacial score (nSPS) is 13.5. The van der Waals surface area contributed by atoms with Gasteiger partial charge in [0.2, 0.25) is 17.8 Å². The third-order valence-corrected chi connectivity index (χ3v) is 4.77. The SMILES string of the molecule is CC(=O)Nc1cccc(Nc2ncnc(N3CC(Oc4ccc(F)cc4F)C3)n2)c1C. The van der Waals surface area contributed by atoms with Crippen molar-refractivity contribution in [3.8, 4) is 5.75 Å². The first-order valence-corrected chi connectivity index (χ1v) is 9.59. The smallest absolute Gasteiger partial charge is 0.232 e. The lowest BCUT2D eigenvalue weighted by Crippen LogP contribution is -2.54. The zero-order valence-corrected chi connectivity index (χ0v) is 16.9. The van der Waals surface area contributed by atoms with Crippen molar-refractivity contribution in [2.75, 3.05) is 28.6 Å². The summed E-state index contributed by atoms with van der Waals surface area (Å²) in [6.07, 6.45) is 1.13. The highest BCUT2D eigenvalue weighted by molar-refractivity contribution is 5.90. The Kier molecular flexibility index (Phi) is 5.61. The van der Waals surface area contributed by atoms with Gasteiger partial charge in [-0.05, 0) is 36.8 Å². The number of halogens is 2. The molecule has 0 aliphatic carbocycles. The molecule has 160 valence electrons. The van der Waals surface area contributed by atoms with E-state index in [1.54, 1.807) is 0 Å². The van der Waals surface area contributed by atoms with Gasteiger partial charge in [0.15, 0.2) is 11.6 Å². The molecule has 1 aliphatic rings. The molecule has 1 saturated heterocycles. The van der Waals surface area contributed by atoms with Gasteiger partial charge in [-0.25, -0.2) is 18.7 Å². The summed E-state index contributed by atoms with van der Waals surface area (Å²) in [5.74, 6) is -0.726. The molecule has 3 aromatic rings. The summed E-state index contributed by atoms with van der Waals surface area (Å²) in [5.41, 5.74) is 2.29. The van der Waals surface area contributed by atoms with Crippen LogP contribution in [0.4, 0.5) is 32.1 Å². The third kappa shape index (κ3) is 4.68. The Bertz CT molecular complexity index is 1120. The zero-order chi connectivity index (χ0) is 22.0. The molecule has 0 radical (unpaired) electrons. The first-order chi connectivity index (χ1) is 14.9. The molecule has 0 saturated carbocycles. The molecule has 1 fully saturated rings. The van der Waals surface area contributed by atoms with Crippen LogP contribution in [0.25, 0.3) is 0 Å². The highest BCUT2D eigenvalue weighted by atomic mass is 19.1. The average Bonchev–Trinajstić information content (AvgIpc) is 2.69. The lowest BCUT2D eigenvalue weighted by molar-refractivity contribution is -0.114. The molecule has 2 heterocycles. The van der Waals surface area contributed by atoms with Crippen LogP contribution in [0.5, 0.6) is 5.75 Å². The second kappa shape index (κ2) is 8.50. The molecular weight excluding hydrogens is 406 g/mol. The van der Waals surface area contributed by atoms with Gasteiger partial charge in [-0.1, -0.05) is 6.07 Å². The van der Waals surface area contributed by atoms with E-state index in [0.717, 1.165) is 23.4 Å². The van der Waals surface area contributed by atoms with Crippen LogP contribution in [0, 0.1) is 18.6 Å². The van der Waals surface area contributed by atoms with Crippen molar-refractivity contribution in [3.63, 3.8) is 0 Å². The number of nitrogens with zero attached hydrogens (tertiary/aromatic N) is 4. The summed E-state index contributed by atoms with van der Waals surface area (Å²) in [6, 6.07) is 8.70. The Balaban J connectivity index is 1.40. The van der Waals surface area contributed by atoms with Crippen LogP contribution in [-0.2, 0) is 4.79 Å². The Morgan fingerprint density at radius 2 is 1.94 bits per heavy atom. The standard InChI is InChI=1S/C21H20F2N6O2/c1-12-17(26-13(2)30)4-3-5-18(12)27-20-24-11-25-21(28-20)29-9-15(10-29)31-19-7-6-14(22)8-16(19)23/h3-8,11,15H,9-10H2,1-2H3,(H,26,30)(H,24,25,27,28). The van der Waals surface area contributed by atoms with Gasteiger partial charge in [-0.2, -0.15) is 4.98 Å². The number of anilines is 4. The van der Waals surface area contributed by atoms with Gasteiger partial charge in [0.25, 0.3) is 0 Å². The maximum absolute atomic E-state index is 13.7. The lowest BCUT2D eigenvalue weighted by Gasteiger charge is -2.38. The van der Waals surface area contributed by atoms with Crippen LogP contribution in [0.3, 0.4) is 0 Å². The Morgan fingerprint density at radius 3 is 2.68 bits per heavy atom. The summed E-state index contributed by atoms with van der Waals surface area (Å²) in [7, 11) is 0. The number of nitrogens with one attached hydrogen (secondary N) is 2. The summed E-state index contributed by atoms with van der Waals surface area (Å²) in [6.45, 7) is 4.24. The average molecular weight is 426 g/mol. The predicted octanol–water partition coefficient (Wildman–Crippen LogP) is 3.43. The molecule has 1 amide bonds. The number of ether oxygens (including phenoxy) is 1.